The maximum atomic E-state index is 12.9. The summed E-state index contributed by atoms with van der Waals surface area (Å²) < 4.78 is 2.30. The van der Waals surface area contributed by atoms with Gasteiger partial charge in [0.15, 0.2) is 5.78 Å². The Kier molecular flexibility index (Phi) is 3.54. The van der Waals surface area contributed by atoms with Crippen LogP contribution in [0, 0.1) is 6.92 Å². The molecule has 2 unspecified atom stereocenters. The first-order valence-electron chi connectivity index (χ1n) is 9.55. The van der Waals surface area contributed by atoms with Gasteiger partial charge < -0.3 is 4.57 Å². The third-order valence-electron chi connectivity index (χ3n) is 6.37. The Morgan fingerprint density at radius 2 is 1.92 bits per heavy atom. The Balaban J connectivity index is 1.67. The van der Waals surface area contributed by atoms with Gasteiger partial charge in [0.25, 0.3) is 0 Å². The molecule has 0 radical (unpaired) electrons. The molecule has 0 amide bonds. The van der Waals surface area contributed by atoms with Crippen molar-refractivity contribution in [2.45, 2.75) is 44.8 Å². The Morgan fingerprint density at radius 1 is 1.12 bits per heavy atom. The van der Waals surface area contributed by atoms with Gasteiger partial charge in [-0.1, -0.05) is 42.0 Å². The number of carbonyl (C=O) groups is 1. The number of hydrogen-bond acceptors (Lipinski definition) is 2. The molecule has 2 aliphatic heterocycles. The van der Waals surface area contributed by atoms with Gasteiger partial charge in [-0.3, -0.25) is 9.69 Å². The lowest BCUT2D eigenvalue weighted by Gasteiger charge is -2.32. The van der Waals surface area contributed by atoms with E-state index in [4.69, 9.17) is 0 Å². The first kappa shape index (κ1) is 15.8. The minimum atomic E-state index is 0.192. The number of fused-ring (bicyclic) bond motifs is 6. The summed E-state index contributed by atoms with van der Waals surface area (Å²) >= 11 is 0. The van der Waals surface area contributed by atoms with E-state index < -0.39 is 0 Å². The number of nitrogens with zero attached hydrogens (tertiary/aromatic N) is 2. The molecule has 0 N–H and O–H groups in total. The Bertz CT molecular complexity index is 1000. The van der Waals surface area contributed by atoms with Crippen LogP contribution in [-0.4, -0.2) is 28.3 Å². The number of Topliss-reactive ketones (excluding diaryl/α,β-unsaturated/α-hetero) is 1. The SMILES string of the molecule is Cc1ccc2c(c1)c1c(n2CC(=O)c2ccccc2)CC2CCC1N2C. The van der Waals surface area contributed by atoms with Gasteiger partial charge in [0, 0.05) is 40.7 Å². The summed E-state index contributed by atoms with van der Waals surface area (Å²) in [7, 11) is 2.26. The lowest BCUT2D eigenvalue weighted by molar-refractivity contribution is 0.0971. The van der Waals surface area contributed by atoms with Crippen molar-refractivity contribution in [3.05, 3.63) is 70.9 Å². The van der Waals surface area contributed by atoms with Crippen LogP contribution in [0.3, 0.4) is 0 Å². The maximum Gasteiger partial charge on any atom is 0.182 e. The van der Waals surface area contributed by atoms with E-state index in [-0.39, 0.29) is 5.78 Å². The van der Waals surface area contributed by atoms with Gasteiger partial charge in [-0.05, 0) is 44.5 Å². The molecule has 3 aromatic rings. The molecule has 1 aromatic heterocycles. The van der Waals surface area contributed by atoms with Crippen LogP contribution in [0.4, 0.5) is 0 Å². The van der Waals surface area contributed by atoms with E-state index in [1.165, 1.54) is 40.6 Å². The van der Waals surface area contributed by atoms with E-state index >= 15 is 0 Å². The third kappa shape index (κ3) is 2.27. The average molecular weight is 344 g/mol. The van der Waals surface area contributed by atoms with E-state index in [1.54, 1.807) is 0 Å². The van der Waals surface area contributed by atoms with Crippen molar-refractivity contribution in [2.75, 3.05) is 7.05 Å². The number of likely N-dealkylation sites (N-methyl/N-ethyl adjacent to an activating group) is 1. The highest BCUT2D eigenvalue weighted by molar-refractivity contribution is 5.97. The summed E-state index contributed by atoms with van der Waals surface area (Å²) in [5.74, 6) is 0.192. The largest absolute Gasteiger partial charge is 0.336 e. The van der Waals surface area contributed by atoms with E-state index in [1.807, 2.05) is 30.3 Å². The second-order valence-electron chi connectivity index (χ2n) is 7.87. The summed E-state index contributed by atoms with van der Waals surface area (Å²) in [5, 5.41) is 1.35. The molecular formula is C23H24N2O. The van der Waals surface area contributed by atoms with Crippen LogP contribution >= 0.6 is 0 Å². The Labute approximate surface area is 154 Å². The highest BCUT2D eigenvalue weighted by atomic mass is 16.1. The molecule has 3 heteroatoms. The first-order valence-corrected chi connectivity index (χ1v) is 9.55. The molecule has 1 fully saturated rings. The van der Waals surface area contributed by atoms with Crippen LogP contribution in [-0.2, 0) is 13.0 Å². The van der Waals surface area contributed by atoms with E-state index in [0.29, 0.717) is 18.6 Å². The van der Waals surface area contributed by atoms with Crippen LogP contribution in [0.5, 0.6) is 0 Å². The van der Waals surface area contributed by atoms with Crippen molar-refractivity contribution >= 4 is 16.7 Å². The molecule has 0 aliphatic carbocycles. The van der Waals surface area contributed by atoms with Crippen molar-refractivity contribution in [2.24, 2.45) is 0 Å². The van der Waals surface area contributed by atoms with E-state index in [9.17, 15) is 4.79 Å². The molecule has 3 nitrogen and oxygen atoms in total. The quantitative estimate of drug-likeness (QED) is 0.653. The van der Waals surface area contributed by atoms with Crippen molar-refractivity contribution < 1.29 is 4.79 Å². The lowest BCUT2D eigenvalue weighted by Crippen LogP contribution is -2.35. The number of aryl methyl sites for hydroxylation is 1. The van der Waals surface area contributed by atoms with Gasteiger partial charge >= 0.3 is 0 Å². The Hall–Kier alpha value is -2.39. The maximum absolute atomic E-state index is 12.9. The fourth-order valence-corrected chi connectivity index (χ4v) is 5.01. The minimum Gasteiger partial charge on any atom is -0.336 e. The van der Waals surface area contributed by atoms with Crippen LogP contribution in [0.2, 0.25) is 0 Å². The number of rotatable bonds is 3. The van der Waals surface area contributed by atoms with Gasteiger partial charge in [-0.2, -0.15) is 0 Å². The number of ketones is 1. The van der Waals surface area contributed by atoms with Gasteiger partial charge in [0.1, 0.15) is 0 Å². The van der Waals surface area contributed by atoms with Crippen LogP contribution in [0.15, 0.2) is 48.5 Å². The summed E-state index contributed by atoms with van der Waals surface area (Å²) in [6, 6.07) is 17.5. The van der Waals surface area contributed by atoms with Gasteiger partial charge in [0.05, 0.1) is 6.54 Å². The zero-order chi connectivity index (χ0) is 17.8. The monoisotopic (exact) mass is 344 g/mol. The molecule has 5 rings (SSSR count). The second-order valence-corrected chi connectivity index (χ2v) is 7.87. The highest BCUT2D eigenvalue weighted by Crippen LogP contribution is 2.46. The summed E-state index contributed by atoms with van der Waals surface area (Å²) in [5.41, 5.74) is 6.16. The molecule has 132 valence electrons. The number of carbonyl (C=O) groups excluding carboxylic acids is 1. The highest BCUT2D eigenvalue weighted by Gasteiger charge is 2.40. The third-order valence-corrected chi connectivity index (χ3v) is 6.37. The predicted octanol–water partition coefficient (Wildman–Crippen LogP) is 4.52. The topological polar surface area (TPSA) is 25.2 Å². The lowest BCUT2D eigenvalue weighted by atomic mass is 9.97. The van der Waals surface area contributed by atoms with E-state index in [0.717, 1.165) is 12.0 Å². The number of aromatic nitrogens is 1. The zero-order valence-electron chi connectivity index (χ0n) is 15.4. The fourth-order valence-electron chi connectivity index (χ4n) is 5.01. The normalized spacial score (nSPS) is 21.9. The summed E-state index contributed by atoms with van der Waals surface area (Å²) in [6.45, 7) is 2.59. The molecule has 1 saturated heterocycles. The van der Waals surface area contributed by atoms with Gasteiger partial charge in [-0.25, -0.2) is 0 Å². The number of benzene rings is 2. The summed E-state index contributed by atoms with van der Waals surface area (Å²) in [4.78, 5) is 15.5. The molecular weight excluding hydrogens is 320 g/mol. The molecule has 2 bridgehead atoms. The fraction of sp³-hybridized carbons (Fsp3) is 0.348. The Morgan fingerprint density at radius 3 is 2.73 bits per heavy atom. The molecule has 0 spiro atoms. The van der Waals surface area contributed by atoms with Crippen molar-refractivity contribution in [3.8, 4) is 0 Å². The number of hydrogen-bond donors (Lipinski definition) is 0. The first-order chi connectivity index (χ1) is 12.6. The minimum absolute atomic E-state index is 0.192. The second kappa shape index (κ2) is 5.82. The molecule has 2 atom stereocenters. The van der Waals surface area contributed by atoms with Crippen LogP contribution in [0.1, 0.15) is 46.1 Å². The molecule has 2 aromatic carbocycles. The van der Waals surface area contributed by atoms with E-state index in [2.05, 4.69) is 41.6 Å². The summed E-state index contributed by atoms with van der Waals surface area (Å²) in [6.07, 6.45) is 3.54. The van der Waals surface area contributed by atoms with Crippen molar-refractivity contribution in [1.82, 2.24) is 9.47 Å². The van der Waals surface area contributed by atoms with Crippen LogP contribution < -0.4 is 0 Å². The zero-order valence-corrected chi connectivity index (χ0v) is 15.4. The van der Waals surface area contributed by atoms with Crippen molar-refractivity contribution in [3.63, 3.8) is 0 Å². The van der Waals surface area contributed by atoms with Crippen molar-refractivity contribution in [1.29, 1.82) is 0 Å². The average Bonchev–Trinajstić information content (AvgIpc) is 3.06. The van der Waals surface area contributed by atoms with Gasteiger partial charge in [0.2, 0.25) is 0 Å². The molecule has 0 saturated carbocycles. The smallest absolute Gasteiger partial charge is 0.182 e. The standard InChI is InChI=1S/C23H24N2O/c1-15-8-10-19-18(12-15)23-20-11-9-17(24(20)2)13-21(23)25(19)14-22(26)16-6-4-3-5-7-16/h3-8,10,12,17,20H,9,11,13-14H2,1-2H3. The molecule has 3 heterocycles. The molecule has 26 heavy (non-hydrogen) atoms. The van der Waals surface area contributed by atoms with Crippen LogP contribution in [0.25, 0.3) is 10.9 Å². The van der Waals surface area contributed by atoms with Gasteiger partial charge in [-0.15, -0.1) is 0 Å². The predicted molar refractivity (Wildman–Crippen MR) is 105 cm³/mol. The molecule has 2 aliphatic rings.